The number of aryl methyl sites for hydroxylation is 2. The number of hydrogen-bond acceptors (Lipinski definition) is 3. The van der Waals surface area contributed by atoms with Gasteiger partial charge in [0.15, 0.2) is 5.82 Å². The molecule has 1 aliphatic rings. The second-order valence-electron chi connectivity index (χ2n) is 2.93. The fraction of sp³-hybridized carbons (Fsp3) is 0.500. The average Bonchev–Trinajstić information content (AvgIpc) is 2.56. The van der Waals surface area contributed by atoms with E-state index in [2.05, 4.69) is 10.1 Å². The van der Waals surface area contributed by atoms with Gasteiger partial charge in [-0.1, -0.05) is 0 Å². The molecule has 0 saturated carbocycles. The number of fused-ring (bicyclic) bond motifs is 1. The summed E-state index contributed by atoms with van der Waals surface area (Å²) in [4.78, 5) is 13.7. The van der Waals surface area contributed by atoms with Crippen LogP contribution in [0.15, 0.2) is 4.99 Å². The molecule has 0 aliphatic heterocycles. The molecule has 2 rings (SSSR count). The number of aromatic nitrogens is 2. The summed E-state index contributed by atoms with van der Waals surface area (Å²) >= 11 is 0. The van der Waals surface area contributed by atoms with Gasteiger partial charge in [0.05, 0.1) is 5.69 Å². The molecule has 0 bridgehead atoms. The summed E-state index contributed by atoms with van der Waals surface area (Å²) < 4.78 is 1.65. The minimum Gasteiger partial charge on any atom is -0.250 e. The summed E-state index contributed by atoms with van der Waals surface area (Å²) in [5.74, 6) is 0.678. The van der Waals surface area contributed by atoms with Gasteiger partial charge >= 0.3 is 0 Å². The van der Waals surface area contributed by atoms with Gasteiger partial charge in [0.1, 0.15) is 0 Å². The standard InChI is InChI=1S/C8H9N3O/c1-11-8(9-5-12)6-3-2-4-7(6)10-11/h2-4H2,1H3. The Bertz CT molecular complexity index is 361. The summed E-state index contributed by atoms with van der Waals surface area (Å²) in [5, 5.41) is 4.25. The minimum absolute atomic E-state index is 0.678. The van der Waals surface area contributed by atoms with Crippen molar-refractivity contribution >= 4 is 11.9 Å². The van der Waals surface area contributed by atoms with Crippen LogP contribution in [-0.2, 0) is 24.7 Å². The molecule has 62 valence electrons. The SMILES string of the molecule is Cn1nc2c(c1N=C=O)CCC2. The second-order valence-corrected chi connectivity index (χ2v) is 2.93. The molecule has 1 heterocycles. The van der Waals surface area contributed by atoms with E-state index < -0.39 is 0 Å². The van der Waals surface area contributed by atoms with Crippen LogP contribution in [0.5, 0.6) is 0 Å². The molecule has 0 unspecified atom stereocenters. The van der Waals surface area contributed by atoms with Crippen molar-refractivity contribution in [2.45, 2.75) is 19.3 Å². The Balaban J connectivity index is 2.58. The van der Waals surface area contributed by atoms with Crippen molar-refractivity contribution in [2.24, 2.45) is 12.0 Å². The van der Waals surface area contributed by atoms with E-state index in [4.69, 9.17) is 0 Å². The van der Waals surface area contributed by atoms with Crippen LogP contribution in [0.2, 0.25) is 0 Å². The first-order valence-electron chi connectivity index (χ1n) is 3.95. The van der Waals surface area contributed by atoms with Gasteiger partial charge in [-0.2, -0.15) is 5.10 Å². The van der Waals surface area contributed by atoms with Gasteiger partial charge in [0, 0.05) is 12.6 Å². The van der Waals surface area contributed by atoms with E-state index in [1.165, 1.54) is 0 Å². The van der Waals surface area contributed by atoms with Crippen molar-refractivity contribution in [2.75, 3.05) is 0 Å². The minimum atomic E-state index is 0.678. The molecule has 1 aliphatic carbocycles. The van der Waals surface area contributed by atoms with Gasteiger partial charge in [-0.05, 0) is 19.3 Å². The third-order valence-electron chi connectivity index (χ3n) is 2.19. The summed E-state index contributed by atoms with van der Waals surface area (Å²) in [5.41, 5.74) is 2.22. The predicted molar refractivity (Wildman–Crippen MR) is 43.0 cm³/mol. The van der Waals surface area contributed by atoms with Crippen molar-refractivity contribution in [3.05, 3.63) is 11.3 Å². The van der Waals surface area contributed by atoms with E-state index in [1.54, 1.807) is 17.8 Å². The largest absolute Gasteiger partial charge is 0.250 e. The number of hydrogen-bond donors (Lipinski definition) is 0. The average molecular weight is 163 g/mol. The van der Waals surface area contributed by atoms with Gasteiger partial charge in [0.2, 0.25) is 6.08 Å². The van der Waals surface area contributed by atoms with Crippen molar-refractivity contribution < 1.29 is 4.79 Å². The van der Waals surface area contributed by atoms with Gasteiger partial charge < -0.3 is 0 Å². The fourth-order valence-corrected chi connectivity index (χ4v) is 1.69. The van der Waals surface area contributed by atoms with Gasteiger partial charge in [-0.3, -0.25) is 0 Å². The molecule has 0 amide bonds. The monoisotopic (exact) mass is 163 g/mol. The summed E-state index contributed by atoms with van der Waals surface area (Å²) in [6.45, 7) is 0. The van der Waals surface area contributed by atoms with Gasteiger partial charge in [-0.15, -0.1) is 4.99 Å². The van der Waals surface area contributed by atoms with E-state index in [1.807, 2.05) is 0 Å². The third-order valence-corrected chi connectivity index (χ3v) is 2.19. The zero-order valence-corrected chi connectivity index (χ0v) is 6.87. The topological polar surface area (TPSA) is 47.2 Å². The highest BCUT2D eigenvalue weighted by molar-refractivity contribution is 5.52. The van der Waals surface area contributed by atoms with Crippen LogP contribution in [0.3, 0.4) is 0 Å². The number of carbonyl (C=O) groups excluding carboxylic acids is 1. The van der Waals surface area contributed by atoms with Crippen LogP contribution in [-0.4, -0.2) is 15.9 Å². The highest BCUT2D eigenvalue weighted by Gasteiger charge is 2.20. The highest BCUT2D eigenvalue weighted by Crippen LogP contribution is 2.29. The summed E-state index contributed by atoms with van der Waals surface area (Å²) in [6, 6.07) is 0. The molecule has 0 fully saturated rings. The van der Waals surface area contributed by atoms with Crippen molar-refractivity contribution in [1.29, 1.82) is 0 Å². The molecule has 12 heavy (non-hydrogen) atoms. The highest BCUT2D eigenvalue weighted by atomic mass is 16.1. The van der Waals surface area contributed by atoms with E-state index in [9.17, 15) is 4.79 Å². The normalized spacial score (nSPS) is 14.1. The fourth-order valence-electron chi connectivity index (χ4n) is 1.69. The van der Waals surface area contributed by atoms with Gasteiger partial charge in [0.25, 0.3) is 0 Å². The molecule has 0 spiro atoms. The van der Waals surface area contributed by atoms with Crippen molar-refractivity contribution in [1.82, 2.24) is 9.78 Å². The molecule has 0 atom stereocenters. The van der Waals surface area contributed by atoms with Crippen LogP contribution in [0.1, 0.15) is 17.7 Å². The molecule has 1 aromatic heterocycles. The number of isocyanates is 1. The zero-order valence-electron chi connectivity index (χ0n) is 6.87. The lowest BCUT2D eigenvalue weighted by atomic mass is 10.2. The zero-order chi connectivity index (χ0) is 8.55. The molecule has 0 saturated heterocycles. The molecular weight excluding hydrogens is 154 g/mol. The Morgan fingerprint density at radius 3 is 3.17 bits per heavy atom. The number of nitrogens with zero attached hydrogens (tertiary/aromatic N) is 3. The molecule has 0 N–H and O–H groups in total. The summed E-state index contributed by atoms with van der Waals surface area (Å²) in [6.07, 6.45) is 4.68. The predicted octanol–water partition coefficient (Wildman–Crippen LogP) is 0.876. The lowest BCUT2D eigenvalue weighted by molar-refractivity contribution is 0.564. The van der Waals surface area contributed by atoms with E-state index >= 15 is 0 Å². The maximum absolute atomic E-state index is 10.1. The smallest absolute Gasteiger partial charge is 0.242 e. The Morgan fingerprint density at radius 1 is 1.58 bits per heavy atom. The van der Waals surface area contributed by atoms with Crippen LogP contribution >= 0.6 is 0 Å². The van der Waals surface area contributed by atoms with Crippen molar-refractivity contribution in [3.8, 4) is 0 Å². The molecule has 0 aromatic carbocycles. The van der Waals surface area contributed by atoms with Gasteiger partial charge in [-0.25, -0.2) is 9.48 Å². The van der Waals surface area contributed by atoms with E-state index in [0.717, 1.165) is 30.5 Å². The number of aliphatic imine (C=N–C) groups is 1. The van der Waals surface area contributed by atoms with Crippen LogP contribution in [0, 0.1) is 0 Å². The van der Waals surface area contributed by atoms with Crippen LogP contribution in [0.4, 0.5) is 5.82 Å². The van der Waals surface area contributed by atoms with E-state index in [0.29, 0.717) is 5.82 Å². The van der Waals surface area contributed by atoms with Crippen LogP contribution < -0.4 is 0 Å². The molecule has 4 heteroatoms. The second kappa shape index (κ2) is 2.57. The lowest BCUT2D eigenvalue weighted by Crippen LogP contribution is -1.91. The Labute approximate surface area is 69.9 Å². The maximum Gasteiger partial charge on any atom is 0.242 e. The third kappa shape index (κ3) is 0.889. The quantitative estimate of drug-likeness (QED) is 0.455. The summed E-state index contributed by atoms with van der Waals surface area (Å²) in [7, 11) is 1.80. The Morgan fingerprint density at radius 2 is 2.42 bits per heavy atom. The first-order valence-corrected chi connectivity index (χ1v) is 3.95. The molecule has 1 aromatic rings. The lowest BCUT2D eigenvalue weighted by Gasteiger charge is -1.93. The molecular formula is C8H9N3O. The van der Waals surface area contributed by atoms with Crippen LogP contribution in [0.25, 0.3) is 0 Å². The molecule has 0 radical (unpaired) electrons. The molecule has 4 nitrogen and oxygen atoms in total. The Hall–Kier alpha value is -1.41. The van der Waals surface area contributed by atoms with Crippen molar-refractivity contribution in [3.63, 3.8) is 0 Å². The first kappa shape index (κ1) is 7.25. The number of rotatable bonds is 1. The van der Waals surface area contributed by atoms with E-state index in [-0.39, 0.29) is 0 Å². The maximum atomic E-state index is 10.1. The first-order chi connectivity index (χ1) is 5.83. The Kier molecular flexibility index (Phi) is 1.55.